The number of carbonyl (C=O) groups excluding carboxylic acids is 2. The highest BCUT2D eigenvalue weighted by Crippen LogP contribution is 2.50. The minimum Gasteiger partial charge on any atom is -0.465 e. The number of ether oxygens (including phenoxy) is 1. The molecule has 212 valence electrons. The Bertz CT molecular complexity index is 1560. The van der Waals surface area contributed by atoms with Gasteiger partial charge in [0, 0.05) is 44.7 Å². The molecule has 5 aliphatic rings. The van der Waals surface area contributed by atoms with Gasteiger partial charge in [-0.2, -0.15) is 4.31 Å². The van der Waals surface area contributed by atoms with E-state index >= 15 is 0 Å². The van der Waals surface area contributed by atoms with Gasteiger partial charge in [-0.05, 0) is 47.9 Å². The fraction of sp³-hybridized carbons (Fsp3) is 0.519. The predicted molar refractivity (Wildman–Crippen MR) is 148 cm³/mol. The molecule has 13 heteroatoms. The van der Waals surface area contributed by atoms with E-state index in [1.54, 1.807) is 53.2 Å². The molecular formula is C27H31ClN6O5S. The quantitative estimate of drug-likeness (QED) is 0.533. The van der Waals surface area contributed by atoms with Crippen molar-refractivity contribution in [3.8, 4) is 0 Å². The molecule has 1 atom stereocenters. The number of benzene rings is 2. The third-order valence-corrected chi connectivity index (χ3v) is 11.1. The minimum atomic E-state index is -4.02. The Hall–Kier alpha value is -3.09. The van der Waals surface area contributed by atoms with E-state index in [2.05, 4.69) is 9.89 Å². The van der Waals surface area contributed by atoms with Gasteiger partial charge in [-0.3, -0.25) is 9.69 Å². The number of halogens is 1. The first kappa shape index (κ1) is 25.8. The number of likely N-dealkylation sites (tertiary alicyclic amines) is 1. The number of likely N-dealkylation sites (N-methyl/N-ethyl adjacent to an activating group) is 1. The molecule has 3 amide bonds. The molecule has 2 spiro atoms. The lowest BCUT2D eigenvalue weighted by molar-refractivity contribution is -0.143. The van der Waals surface area contributed by atoms with Crippen molar-refractivity contribution in [2.24, 2.45) is 4.99 Å². The number of amidine groups is 1. The Morgan fingerprint density at radius 1 is 1.00 bits per heavy atom. The van der Waals surface area contributed by atoms with Crippen LogP contribution in [0.2, 0.25) is 5.02 Å². The monoisotopic (exact) mass is 586 g/mol. The molecule has 0 aliphatic carbocycles. The van der Waals surface area contributed by atoms with Gasteiger partial charge in [-0.1, -0.05) is 23.7 Å². The van der Waals surface area contributed by atoms with E-state index in [0.29, 0.717) is 50.1 Å². The number of hydrogen-bond acceptors (Lipinski definition) is 7. The normalized spacial score (nSPS) is 26.8. The summed E-state index contributed by atoms with van der Waals surface area (Å²) in [5.74, 6) is -0.283. The van der Waals surface area contributed by atoms with E-state index in [0.717, 1.165) is 23.7 Å². The van der Waals surface area contributed by atoms with Crippen molar-refractivity contribution < 1.29 is 22.7 Å². The third-order valence-electron chi connectivity index (χ3n) is 9.05. The number of piperazine rings is 1. The van der Waals surface area contributed by atoms with Crippen LogP contribution in [0.4, 0.5) is 4.79 Å². The summed E-state index contributed by atoms with van der Waals surface area (Å²) >= 11 is 6.10. The lowest BCUT2D eigenvalue weighted by Gasteiger charge is -2.48. The highest BCUT2D eigenvalue weighted by Gasteiger charge is 2.69. The molecule has 4 fully saturated rings. The number of piperidine rings is 1. The second kappa shape index (κ2) is 8.95. The maximum atomic E-state index is 13.9. The van der Waals surface area contributed by atoms with Gasteiger partial charge in [0.15, 0.2) is 5.66 Å². The van der Waals surface area contributed by atoms with Gasteiger partial charge < -0.3 is 19.4 Å². The molecule has 4 saturated heterocycles. The number of nitrogens with zero attached hydrogens (tertiary/aromatic N) is 6. The molecule has 0 radical (unpaired) electrons. The molecule has 7 rings (SSSR count). The number of urea groups is 1. The SMILES string of the molecule is CN1CC23CN(S(=O)(=O)c4ccc5cc(Cl)ccc5c4)CC(=O)N2CC2(CCN(C4=NCCCO4)CC2)N3C1=O. The maximum absolute atomic E-state index is 13.9. The number of amides is 3. The minimum absolute atomic E-state index is 0.0249. The Kier molecular flexibility index (Phi) is 5.79. The molecule has 0 aromatic heterocycles. The van der Waals surface area contributed by atoms with Crippen LogP contribution in [0.15, 0.2) is 46.3 Å². The fourth-order valence-electron chi connectivity index (χ4n) is 7.14. The second-order valence-electron chi connectivity index (χ2n) is 11.4. The third kappa shape index (κ3) is 3.72. The van der Waals surface area contributed by atoms with Crippen LogP contribution in [0.3, 0.4) is 0 Å². The van der Waals surface area contributed by atoms with Crippen molar-refractivity contribution >= 4 is 50.4 Å². The number of sulfonamides is 1. The number of aliphatic imine (C=N–C) groups is 1. The molecule has 0 N–H and O–H groups in total. The maximum Gasteiger partial charge on any atom is 0.322 e. The number of carbonyl (C=O) groups is 2. The summed E-state index contributed by atoms with van der Waals surface area (Å²) in [4.78, 5) is 39.3. The zero-order valence-electron chi connectivity index (χ0n) is 22.3. The van der Waals surface area contributed by atoms with Gasteiger partial charge in [0.2, 0.25) is 15.9 Å². The lowest BCUT2D eigenvalue weighted by Crippen LogP contribution is -2.68. The summed E-state index contributed by atoms with van der Waals surface area (Å²) in [6.45, 7) is 3.10. The van der Waals surface area contributed by atoms with Gasteiger partial charge in [0.25, 0.3) is 6.02 Å². The highest BCUT2D eigenvalue weighted by molar-refractivity contribution is 7.89. The van der Waals surface area contributed by atoms with Crippen LogP contribution in [0.1, 0.15) is 19.3 Å². The zero-order valence-corrected chi connectivity index (χ0v) is 23.8. The van der Waals surface area contributed by atoms with Crippen LogP contribution in [0.25, 0.3) is 10.8 Å². The Morgan fingerprint density at radius 2 is 1.75 bits per heavy atom. The summed E-state index contributed by atoms with van der Waals surface area (Å²) < 4.78 is 34.9. The number of hydrogen-bond donors (Lipinski definition) is 0. The van der Waals surface area contributed by atoms with Crippen LogP contribution in [-0.2, 0) is 19.6 Å². The Morgan fingerprint density at radius 3 is 2.50 bits per heavy atom. The van der Waals surface area contributed by atoms with Crippen LogP contribution in [0.5, 0.6) is 0 Å². The van der Waals surface area contributed by atoms with Gasteiger partial charge in [-0.25, -0.2) is 18.2 Å². The summed E-state index contributed by atoms with van der Waals surface area (Å²) in [6.07, 6.45) is 2.18. The molecule has 2 aromatic carbocycles. The van der Waals surface area contributed by atoms with E-state index in [9.17, 15) is 18.0 Å². The van der Waals surface area contributed by atoms with Gasteiger partial charge in [-0.15, -0.1) is 0 Å². The van der Waals surface area contributed by atoms with E-state index < -0.39 is 21.2 Å². The average Bonchev–Trinajstić information content (AvgIpc) is 3.37. The Balaban J connectivity index is 1.21. The smallest absolute Gasteiger partial charge is 0.322 e. The first-order valence-electron chi connectivity index (χ1n) is 13.6. The van der Waals surface area contributed by atoms with E-state index in [4.69, 9.17) is 16.3 Å². The number of fused-ring (bicyclic) bond motifs is 2. The summed E-state index contributed by atoms with van der Waals surface area (Å²) in [5.41, 5.74) is -1.63. The summed E-state index contributed by atoms with van der Waals surface area (Å²) in [6, 6.07) is 10.6. The van der Waals surface area contributed by atoms with Crippen molar-refractivity contribution in [1.82, 2.24) is 23.9 Å². The molecule has 5 heterocycles. The van der Waals surface area contributed by atoms with Gasteiger partial charge in [0.05, 0.1) is 36.7 Å². The van der Waals surface area contributed by atoms with Crippen molar-refractivity contribution in [3.05, 3.63) is 41.4 Å². The average molecular weight is 587 g/mol. The van der Waals surface area contributed by atoms with Gasteiger partial charge >= 0.3 is 6.03 Å². The predicted octanol–water partition coefficient (Wildman–Crippen LogP) is 2.01. The van der Waals surface area contributed by atoms with E-state index in [-0.39, 0.29) is 36.5 Å². The van der Waals surface area contributed by atoms with Crippen LogP contribution in [-0.4, -0.2) is 121 Å². The number of rotatable bonds is 2. The van der Waals surface area contributed by atoms with Crippen LogP contribution >= 0.6 is 11.6 Å². The van der Waals surface area contributed by atoms with Gasteiger partial charge in [0.1, 0.15) is 0 Å². The highest BCUT2D eigenvalue weighted by atomic mass is 35.5. The standard InChI is InChI=1S/C27H31ClN6O5S/c1-30-17-27-18-32(40(37,38)22-6-4-19-13-21(28)5-3-20(19)14-22)15-23(35)33(27)16-26(34(27)25(30)36)7-10-31(11-8-26)24-29-9-2-12-39-24/h3-6,13-14H,2,7-12,15-18H2,1H3. The molecule has 1 unspecified atom stereocenters. The Labute approximate surface area is 237 Å². The van der Waals surface area contributed by atoms with Crippen LogP contribution in [0, 0.1) is 0 Å². The molecular weight excluding hydrogens is 556 g/mol. The van der Waals surface area contributed by atoms with Crippen molar-refractivity contribution in [2.45, 2.75) is 35.4 Å². The summed E-state index contributed by atoms with van der Waals surface area (Å²) in [5, 5.41) is 2.14. The first-order chi connectivity index (χ1) is 19.1. The molecule has 40 heavy (non-hydrogen) atoms. The molecule has 2 aromatic rings. The fourth-order valence-corrected chi connectivity index (χ4v) is 8.79. The lowest BCUT2D eigenvalue weighted by atomic mass is 9.86. The molecule has 11 nitrogen and oxygen atoms in total. The van der Waals surface area contributed by atoms with Crippen molar-refractivity contribution in [3.63, 3.8) is 0 Å². The first-order valence-corrected chi connectivity index (χ1v) is 15.4. The topological polar surface area (TPSA) is 106 Å². The zero-order chi connectivity index (χ0) is 27.9. The van der Waals surface area contributed by atoms with Crippen molar-refractivity contribution in [1.29, 1.82) is 0 Å². The van der Waals surface area contributed by atoms with Crippen molar-refractivity contribution in [2.75, 3.05) is 59.5 Å². The van der Waals surface area contributed by atoms with Crippen LogP contribution < -0.4 is 0 Å². The summed E-state index contributed by atoms with van der Waals surface area (Å²) in [7, 11) is -2.31. The largest absolute Gasteiger partial charge is 0.465 e. The molecule has 5 aliphatic heterocycles. The second-order valence-corrected chi connectivity index (χ2v) is 13.8. The van der Waals surface area contributed by atoms with E-state index in [1.165, 1.54) is 4.31 Å². The molecule has 0 saturated carbocycles. The van der Waals surface area contributed by atoms with E-state index in [1.807, 2.05) is 4.90 Å². The molecule has 0 bridgehead atoms.